The second kappa shape index (κ2) is 10.8. The van der Waals surface area contributed by atoms with Crippen LogP contribution in [0.3, 0.4) is 0 Å². The fourth-order valence-corrected chi connectivity index (χ4v) is 4.31. The number of guanidine groups is 1. The number of piperidine rings is 1. The number of nitrogens with zero attached hydrogens (tertiary/aromatic N) is 4. The summed E-state index contributed by atoms with van der Waals surface area (Å²) in [5, 5.41) is 4.83. The number of H-pyrrole nitrogens is 1. The maximum absolute atomic E-state index is 4.95. The smallest absolute Gasteiger partial charge is 0.193 e. The highest BCUT2D eigenvalue weighted by atomic mass is 127. The van der Waals surface area contributed by atoms with Crippen LogP contribution in [0.2, 0.25) is 0 Å². The Morgan fingerprint density at radius 1 is 1.33 bits per heavy atom. The highest BCUT2D eigenvalue weighted by Gasteiger charge is 2.28. The molecule has 1 aliphatic rings. The Hall–Kier alpha value is -2.03. The molecule has 2 unspecified atom stereocenters. The highest BCUT2D eigenvalue weighted by Crippen LogP contribution is 2.27. The van der Waals surface area contributed by atoms with E-state index in [0.717, 1.165) is 45.0 Å². The molecule has 1 fully saturated rings. The number of fused-ring (bicyclic) bond motifs is 1. The molecule has 0 radical (unpaired) electrons. The van der Waals surface area contributed by atoms with Gasteiger partial charge in [0.15, 0.2) is 5.96 Å². The summed E-state index contributed by atoms with van der Waals surface area (Å²) < 4.78 is 2.25. The van der Waals surface area contributed by atoms with E-state index in [1.165, 1.54) is 22.9 Å². The lowest BCUT2D eigenvalue weighted by atomic mass is 9.93. The number of likely N-dealkylation sites (tertiary alicyclic amines) is 1. The molecule has 30 heavy (non-hydrogen) atoms. The number of aromatic amines is 1. The van der Waals surface area contributed by atoms with Gasteiger partial charge in [0.05, 0.1) is 12.4 Å². The van der Waals surface area contributed by atoms with Crippen LogP contribution >= 0.6 is 24.0 Å². The van der Waals surface area contributed by atoms with Crippen molar-refractivity contribution in [3.8, 4) is 0 Å². The third-order valence-corrected chi connectivity index (χ3v) is 6.00. The van der Waals surface area contributed by atoms with Crippen molar-refractivity contribution in [2.45, 2.75) is 39.2 Å². The van der Waals surface area contributed by atoms with Crippen molar-refractivity contribution in [2.24, 2.45) is 10.9 Å². The number of halogens is 1. The molecule has 162 valence electrons. The Kier molecular flexibility index (Phi) is 8.18. The maximum atomic E-state index is 4.95. The molecule has 1 aromatic carbocycles. The molecule has 0 aliphatic carbocycles. The predicted octanol–water partition coefficient (Wildman–Crippen LogP) is 4.46. The van der Waals surface area contributed by atoms with E-state index in [0.29, 0.717) is 12.0 Å². The van der Waals surface area contributed by atoms with Gasteiger partial charge in [0.1, 0.15) is 0 Å². The Bertz CT molecular complexity index is 932. The first kappa shape index (κ1) is 22.7. The molecule has 7 heteroatoms. The SMILES string of the molecule is CCNC(=NCCCc1c[nH]c2ccccc12)N1CCC(C)C(n2ccnc2)C1.I. The lowest BCUT2D eigenvalue weighted by Crippen LogP contribution is -2.49. The fraction of sp³-hybridized carbons (Fsp3) is 0.478. The molecule has 2 atom stereocenters. The number of aromatic nitrogens is 3. The summed E-state index contributed by atoms with van der Waals surface area (Å²) in [5.74, 6) is 1.69. The van der Waals surface area contributed by atoms with Gasteiger partial charge in [-0.2, -0.15) is 0 Å². The topological polar surface area (TPSA) is 61.2 Å². The monoisotopic (exact) mass is 520 g/mol. The van der Waals surface area contributed by atoms with Crippen LogP contribution in [-0.4, -0.2) is 51.6 Å². The largest absolute Gasteiger partial charge is 0.361 e. The average molecular weight is 520 g/mol. The Balaban J connectivity index is 0.00000256. The van der Waals surface area contributed by atoms with Crippen LogP contribution < -0.4 is 5.32 Å². The van der Waals surface area contributed by atoms with E-state index < -0.39 is 0 Å². The second-order valence-electron chi connectivity index (χ2n) is 7.99. The maximum Gasteiger partial charge on any atom is 0.193 e. The standard InChI is InChI=1S/C23H32N6.HI/c1-3-25-23(28-13-10-18(2)22(16-28)29-14-12-24-17-29)26-11-6-7-19-15-27-21-9-5-4-8-20(19)21;/h4-5,8-9,12,14-15,17-18,22,27H,3,6-7,10-11,13,16H2,1-2H3,(H,25,26);1H. The van der Waals surface area contributed by atoms with Crippen molar-refractivity contribution in [3.05, 3.63) is 54.7 Å². The van der Waals surface area contributed by atoms with Crippen LogP contribution in [0.5, 0.6) is 0 Å². The van der Waals surface area contributed by atoms with Gasteiger partial charge in [0, 0.05) is 55.7 Å². The number of hydrogen-bond acceptors (Lipinski definition) is 2. The molecule has 3 heterocycles. The van der Waals surface area contributed by atoms with Crippen LogP contribution in [0.25, 0.3) is 10.9 Å². The van der Waals surface area contributed by atoms with Crippen molar-refractivity contribution in [3.63, 3.8) is 0 Å². The second-order valence-corrected chi connectivity index (χ2v) is 7.99. The molecule has 0 amide bonds. The Labute approximate surface area is 196 Å². The van der Waals surface area contributed by atoms with E-state index in [4.69, 9.17) is 4.99 Å². The van der Waals surface area contributed by atoms with Gasteiger partial charge < -0.3 is 19.8 Å². The average Bonchev–Trinajstić information content (AvgIpc) is 3.41. The quantitative estimate of drug-likeness (QED) is 0.218. The molecule has 6 nitrogen and oxygen atoms in total. The summed E-state index contributed by atoms with van der Waals surface area (Å²) in [4.78, 5) is 15.0. The van der Waals surface area contributed by atoms with Gasteiger partial charge in [-0.3, -0.25) is 4.99 Å². The van der Waals surface area contributed by atoms with E-state index in [-0.39, 0.29) is 24.0 Å². The molecule has 0 bridgehead atoms. The number of aryl methyl sites for hydroxylation is 1. The zero-order valence-corrected chi connectivity index (χ0v) is 20.3. The molecule has 1 aliphatic heterocycles. The van der Waals surface area contributed by atoms with Crippen LogP contribution in [0.1, 0.15) is 38.3 Å². The van der Waals surface area contributed by atoms with Gasteiger partial charge >= 0.3 is 0 Å². The highest BCUT2D eigenvalue weighted by molar-refractivity contribution is 14.0. The third-order valence-electron chi connectivity index (χ3n) is 6.00. The lowest BCUT2D eigenvalue weighted by molar-refractivity contribution is 0.189. The first-order valence-corrected chi connectivity index (χ1v) is 10.8. The van der Waals surface area contributed by atoms with E-state index in [2.05, 4.69) is 75.3 Å². The molecule has 2 aromatic heterocycles. The molecule has 4 rings (SSSR count). The number of para-hydroxylation sites is 1. The van der Waals surface area contributed by atoms with Gasteiger partial charge in [-0.1, -0.05) is 25.1 Å². The lowest BCUT2D eigenvalue weighted by Gasteiger charge is -2.39. The van der Waals surface area contributed by atoms with E-state index >= 15 is 0 Å². The molecular formula is C23H33IN6. The zero-order valence-electron chi connectivity index (χ0n) is 17.9. The third kappa shape index (κ3) is 5.17. The van der Waals surface area contributed by atoms with Crippen LogP contribution in [0.15, 0.2) is 54.2 Å². The number of nitrogens with one attached hydrogen (secondary N) is 2. The van der Waals surface area contributed by atoms with E-state index in [9.17, 15) is 0 Å². The van der Waals surface area contributed by atoms with Gasteiger partial charge in [-0.05, 0) is 43.7 Å². The van der Waals surface area contributed by atoms with Crippen LogP contribution in [-0.2, 0) is 6.42 Å². The Morgan fingerprint density at radius 3 is 3.00 bits per heavy atom. The molecule has 0 spiro atoms. The normalized spacial score (nSPS) is 19.7. The van der Waals surface area contributed by atoms with E-state index in [1.54, 1.807) is 0 Å². The van der Waals surface area contributed by atoms with Gasteiger partial charge in [-0.15, -0.1) is 24.0 Å². The number of imidazole rings is 1. The van der Waals surface area contributed by atoms with Crippen molar-refractivity contribution < 1.29 is 0 Å². The summed E-state index contributed by atoms with van der Waals surface area (Å²) in [6.07, 6.45) is 11.3. The minimum Gasteiger partial charge on any atom is -0.361 e. The minimum absolute atomic E-state index is 0. The molecular weight excluding hydrogens is 487 g/mol. The number of rotatable bonds is 6. The minimum atomic E-state index is 0. The molecule has 2 N–H and O–H groups in total. The molecule has 0 saturated carbocycles. The summed E-state index contributed by atoms with van der Waals surface area (Å²) >= 11 is 0. The van der Waals surface area contributed by atoms with Crippen molar-refractivity contribution in [1.29, 1.82) is 0 Å². The number of aliphatic imine (C=N–C) groups is 1. The Morgan fingerprint density at radius 2 is 2.20 bits per heavy atom. The molecule has 1 saturated heterocycles. The first-order chi connectivity index (χ1) is 14.3. The zero-order chi connectivity index (χ0) is 20.1. The summed E-state index contributed by atoms with van der Waals surface area (Å²) in [5.41, 5.74) is 2.60. The fourth-order valence-electron chi connectivity index (χ4n) is 4.31. The summed E-state index contributed by atoms with van der Waals surface area (Å²) in [6, 6.07) is 8.95. The molecule has 3 aromatic rings. The van der Waals surface area contributed by atoms with E-state index in [1.807, 2.05) is 12.5 Å². The van der Waals surface area contributed by atoms with Crippen molar-refractivity contribution in [1.82, 2.24) is 24.8 Å². The van der Waals surface area contributed by atoms with Crippen LogP contribution in [0, 0.1) is 5.92 Å². The first-order valence-electron chi connectivity index (χ1n) is 10.8. The predicted molar refractivity (Wildman–Crippen MR) is 135 cm³/mol. The van der Waals surface area contributed by atoms with Gasteiger partial charge in [-0.25, -0.2) is 4.98 Å². The van der Waals surface area contributed by atoms with Crippen molar-refractivity contribution >= 4 is 40.8 Å². The van der Waals surface area contributed by atoms with Crippen LogP contribution in [0.4, 0.5) is 0 Å². The summed E-state index contributed by atoms with van der Waals surface area (Å²) in [6.45, 7) is 8.24. The van der Waals surface area contributed by atoms with Gasteiger partial charge in [0.25, 0.3) is 0 Å². The number of benzene rings is 1. The number of hydrogen-bond donors (Lipinski definition) is 2. The van der Waals surface area contributed by atoms with Gasteiger partial charge in [0.2, 0.25) is 0 Å². The van der Waals surface area contributed by atoms with Crippen molar-refractivity contribution in [2.75, 3.05) is 26.2 Å². The summed E-state index contributed by atoms with van der Waals surface area (Å²) in [7, 11) is 0.